The number of hydrogen-bond acceptors (Lipinski definition) is 6. The summed E-state index contributed by atoms with van der Waals surface area (Å²) in [5.41, 5.74) is 1.78. The number of ether oxygens (including phenoxy) is 1. The number of rotatable bonds is 6. The molecule has 6 nitrogen and oxygen atoms in total. The Morgan fingerprint density at radius 2 is 1.97 bits per heavy atom. The molecule has 0 radical (unpaired) electrons. The summed E-state index contributed by atoms with van der Waals surface area (Å²) in [5, 5.41) is 12.8. The number of benzene rings is 1. The summed E-state index contributed by atoms with van der Waals surface area (Å²) in [5.74, 6) is 1.87. The van der Waals surface area contributed by atoms with Crippen molar-refractivity contribution in [2.45, 2.75) is 46.1 Å². The van der Waals surface area contributed by atoms with Crippen LogP contribution < -0.4 is 15.0 Å². The number of aromatic nitrogens is 2. The van der Waals surface area contributed by atoms with Crippen molar-refractivity contribution in [1.29, 1.82) is 0 Å². The van der Waals surface area contributed by atoms with Gasteiger partial charge in [0.1, 0.15) is 23.2 Å². The Balaban J connectivity index is 1.81. The Bertz CT molecular complexity index is 858. The third-order valence-corrected chi connectivity index (χ3v) is 4.91. The molecular formula is C20H25F3N4O2. The second kappa shape index (κ2) is 8.44. The van der Waals surface area contributed by atoms with Crippen LogP contribution in [0.25, 0.3) is 0 Å². The van der Waals surface area contributed by atoms with Crippen molar-refractivity contribution in [1.82, 2.24) is 9.97 Å². The second-order valence-corrected chi connectivity index (χ2v) is 7.49. The third kappa shape index (κ3) is 5.50. The van der Waals surface area contributed by atoms with E-state index in [4.69, 9.17) is 0 Å². The average molecular weight is 410 g/mol. The highest BCUT2D eigenvalue weighted by molar-refractivity contribution is 5.52. The first-order valence-corrected chi connectivity index (χ1v) is 9.50. The van der Waals surface area contributed by atoms with Crippen LogP contribution in [-0.4, -0.2) is 40.6 Å². The molecule has 0 aliphatic carbocycles. The first-order valence-electron chi connectivity index (χ1n) is 9.50. The van der Waals surface area contributed by atoms with Gasteiger partial charge in [0, 0.05) is 19.2 Å². The van der Waals surface area contributed by atoms with E-state index in [1.807, 2.05) is 18.7 Å². The van der Waals surface area contributed by atoms with Gasteiger partial charge in [-0.15, -0.1) is 13.2 Å². The summed E-state index contributed by atoms with van der Waals surface area (Å²) >= 11 is 0. The maximum Gasteiger partial charge on any atom is 0.573 e. The SMILES string of the molecule is Cc1nc(N[C@H](CO)C(C)C)cc(N2CCc3ccc(OC(F)(F)F)cc3C2)n1. The molecule has 158 valence electrons. The summed E-state index contributed by atoms with van der Waals surface area (Å²) in [6.45, 7) is 6.89. The van der Waals surface area contributed by atoms with E-state index in [9.17, 15) is 18.3 Å². The molecule has 1 aliphatic heterocycles. The summed E-state index contributed by atoms with van der Waals surface area (Å²) in [6, 6.07) is 6.13. The van der Waals surface area contributed by atoms with Gasteiger partial charge in [0.15, 0.2) is 0 Å². The molecule has 2 heterocycles. The molecule has 1 aromatic heterocycles. The number of aliphatic hydroxyl groups excluding tert-OH is 1. The minimum Gasteiger partial charge on any atom is -0.406 e. The molecule has 3 rings (SSSR count). The Hall–Kier alpha value is -2.55. The Kier molecular flexibility index (Phi) is 6.16. The Labute approximate surface area is 167 Å². The van der Waals surface area contributed by atoms with Gasteiger partial charge >= 0.3 is 6.36 Å². The predicted octanol–water partition coefficient (Wildman–Crippen LogP) is 3.68. The summed E-state index contributed by atoms with van der Waals surface area (Å²) in [6.07, 6.45) is -4.02. The molecule has 0 unspecified atom stereocenters. The van der Waals surface area contributed by atoms with Crippen LogP contribution in [0, 0.1) is 12.8 Å². The molecule has 0 bridgehead atoms. The van der Waals surface area contributed by atoms with Gasteiger partial charge in [0.25, 0.3) is 0 Å². The van der Waals surface area contributed by atoms with E-state index in [2.05, 4.69) is 20.0 Å². The molecule has 0 saturated heterocycles. The van der Waals surface area contributed by atoms with E-state index in [0.717, 1.165) is 11.1 Å². The largest absolute Gasteiger partial charge is 0.573 e. The number of nitrogens with zero attached hydrogens (tertiary/aromatic N) is 3. The topological polar surface area (TPSA) is 70.5 Å². The molecule has 1 aliphatic rings. The number of hydrogen-bond donors (Lipinski definition) is 2. The number of nitrogens with one attached hydrogen (secondary N) is 1. The third-order valence-electron chi connectivity index (χ3n) is 4.91. The fraction of sp³-hybridized carbons (Fsp3) is 0.500. The lowest BCUT2D eigenvalue weighted by atomic mass is 9.99. The monoisotopic (exact) mass is 410 g/mol. The average Bonchev–Trinajstić information content (AvgIpc) is 2.63. The van der Waals surface area contributed by atoms with Crippen molar-refractivity contribution in [2.75, 3.05) is 23.4 Å². The molecule has 1 aromatic carbocycles. The fourth-order valence-corrected chi connectivity index (χ4v) is 3.33. The number of aryl methyl sites for hydroxylation is 1. The minimum absolute atomic E-state index is 0.0187. The molecule has 0 fully saturated rings. The van der Waals surface area contributed by atoms with Crippen molar-refractivity contribution in [3.8, 4) is 5.75 Å². The first-order chi connectivity index (χ1) is 13.6. The lowest BCUT2D eigenvalue weighted by molar-refractivity contribution is -0.274. The van der Waals surface area contributed by atoms with Crippen molar-refractivity contribution in [3.63, 3.8) is 0 Å². The van der Waals surface area contributed by atoms with Gasteiger partial charge < -0.3 is 20.1 Å². The zero-order valence-electron chi connectivity index (χ0n) is 16.6. The standard InChI is InChI=1S/C20H25F3N4O2/c1-12(2)17(11-28)26-18-9-19(25-13(3)24-18)27-7-6-14-4-5-16(8-15(14)10-27)29-20(21,22)23/h4-5,8-9,12,17,28H,6-7,10-11H2,1-3H3,(H,24,25,26)/t17-/m1/s1. The molecular weight excluding hydrogens is 385 g/mol. The zero-order valence-corrected chi connectivity index (χ0v) is 16.6. The smallest absolute Gasteiger partial charge is 0.406 e. The van der Waals surface area contributed by atoms with Crippen molar-refractivity contribution < 1.29 is 23.0 Å². The number of anilines is 2. The van der Waals surface area contributed by atoms with E-state index < -0.39 is 6.36 Å². The molecule has 9 heteroatoms. The normalized spacial score (nSPS) is 15.2. The second-order valence-electron chi connectivity index (χ2n) is 7.49. The summed E-state index contributed by atoms with van der Waals surface area (Å²) in [4.78, 5) is 10.9. The van der Waals surface area contributed by atoms with Gasteiger partial charge in [0.05, 0.1) is 12.6 Å². The van der Waals surface area contributed by atoms with E-state index in [0.29, 0.717) is 37.0 Å². The molecule has 0 spiro atoms. The molecule has 29 heavy (non-hydrogen) atoms. The van der Waals surface area contributed by atoms with Crippen LogP contribution in [0.5, 0.6) is 5.75 Å². The predicted molar refractivity (Wildman–Crippen MR) is 104 cm³/mol. The van der Waals surface area contributed by atoms with Gasteiger partial charge in [-0.1, -0.05) is 19.9 Å². The Morgan fingerprint density at radius 1 is 1.21 bits per heavy atom. The summed E-state index contributed by atoms with van der Waals surface area (Å²) in [7, 11) is 0. The highest BCUT2D eigenvalue weighted by atomic mass is 19.4. The van der Waals surface area contributed by atoms with Crippen molar-refractivity contribution in [2.24, 2.45) is 5.92 Å². The van der Waals surface area contributed by atoms with Gasteiger partial charge in [0.2, 0.25) is 0 Å². The molecule has 2 aromatic rings. The number of fused-ring (bicyclic) bond motifs is 1. The lowest BCUT2D eigenvalue weighted by Crippen LogP contribution is -2.32. The van der Waals surface area contributed by atoms with E-state index in [-0.39, 0.29) is 24.3 Å². The molecule has 2 N–H and O–H groups in total. The maximum atomic E-state index is 12.5. The van der Waals surface area contributed by atoms with Gasteiger partial charge in [-0.2, -0.15) is 0 Å². The first kappa shape index (κ1) is 21.2. The van der Waals surface area contributed by atoms with Crippen LogP contribution in [0.3, 0.4) is 0 Å². The molecule has 0 saturated carbocycles. The van der Waals surface area contributed by atoms with Crippen LogP contribution in [-0.2, 0) is 13.0 Å². The van der Waals surface area contributed by atoms with Crippen LogP contribution in [0.1, 0.15) is 30.8 Å². The van der Waals surface area contributed by atoms with Crippen LogP contribution in [0.4, 0.5) is 24.8 Å². The fourth-order valence-electron chi connectivity index (χ4n) is 3.33. The van der Waals surface area contributed by atoms with Crippen LogP contribution in [0.15, 0.2) is 24.3 Å². The zero-order chi connectivity index (χ0) is 21.2. The highest BCUT2D eigenvalue weighted by Crippen LogP contribution is 2.30. The summed E-state index contributed by atoms with van der Waals surface area (Å²) < 4.78 is 41.6. The number of aliphatic hydroxyl groups is 1. The lowest BCUT2D eigenvalue weighted by Gasteiger charge is -2.31. The van der Waals surface area contributed by atoms with Crippen molar-refractivity contribution >= 4 is 11.6 Å². The number of alkyl halides is 3. The number of halogens is 3. The van der Waals surface area contributed by atoms with Crippen LogP contribution >= 0.6 is 0 Å². The quantitative estimate of drug-likeness (QED) is 0.757. The van der Waals surface area contributed by atoms with Crippen molar-refractivity contribution in [3.05, 3.63) is 41.2 Å². The van der Waals surface area contributed by atoms with Gasteiger partial charge in [-0.3, -0.25) is 0 Å². The van der Waals surface area contributed by atoms with E-state index in [1.165, 1.54) is 12.1 Å². The van der Waals surface area contributed by atoms with Crippen LogP contribution in [0.2, 0.25) is 0 Å². The van der Waals surface area contributed by atoms with E-state index >= 15 is 0 Å². The maximum absolute atomic E-state index is 12.5. The molecule has 1 atom stereocenters. The van der Waals surface area contributed by atoms with Gasteiger partial charge in [-0.05, 0) is 42.5 Å². The van der Waals surface area contributed by atoms with E-state index in [1.54, 1.807) is 19.1 Å². The molecule has 0 amide bonds. The Morgan fingerprint density at radius 3 is 2.62 bits per heavy atom. The highest BCUT2D eigenvalue weighted by Gasteiger charge is 2.31. The minimum atomic E-state index is -4.72. The van der Waals surface area contributed by atoms with Gasteiger partial charge in [-0.25, -0.2) is 9.97 Å².